The Kier molecular flexibility index (Phi) is 7.29. The third kappa shape index (κ3) is 6.28. The van der Waals surface area contributed by atoms with Gasteiger partial charge in [0.25, 0.3) is 5.91 Å². The molecule has 0 saturated heterocycles. The van der Waals surface area contributed by atoms with E-state index in [1.54, 1.807) is 31.4 Å². The van der Waals surface area contributed by atoms with Crippen molar-refractivity contribution in [3.8, 4) is 5.75 Å². The Hall–Kier alpha value is -2.91. The van der Waals surface area contributed by atoms with Gasteiger partial charge < -0.3 is 10.1 Å². The number of methoxy groups -OCH3 is 1. The molecular weight excluding hydrogens is 432 g/mol. The summed E-state index contributed by atoms with van der Waals surface area (Å²) in [7, 11) is 1.55. The van der Waals surface area contributed by atoms with E-state index in [-0.39, 0.29) is 23.0 Å². The van der Waals surface area contributed by atoms with Gasteiger partial charge in [-0.3, -0.25) is 14.9 Å². The van der Waals surface area contributed by atoms with Gasteiger partial charge in [-0.15, -0.1) is 10.2 Å². The summed E-state index contributed by atoms with van der Waals surface area (Å²) >= 11 is 2.47. The summed E-state index contributed by atoms with van der Waals surface area (Å²) in [6, 6.07) is 14.7. The first-order valence-corrected chi connectivity index (χ1v) is 11.4. The monoisotopic (exact) mass is 456 g/mol. The summed E-state index contributed by atoms with van der Waals surface area (Å²) in [6.07, 6.45) is 0. The minimum absolute atomic E-state index is 0.0261. The van der Waals surface area contributed by atoms with Gasteiger partial charge in [0, 0.05) is 5.56 Å². The van der Waals surface area contributed by atoms with Crippen LogP contribution in [0.15, 0.2) is 52.9 Å². The van der Waals surface area contributed by atoms with E-state index in [9.17, 15) is 9.59 Å². The van der Waals surface area contributed by atoms with E-state index in [1.807, 2.05) is 24.3 Å². The standard InChI is InChI=1S/C22H24N4O3S2/c1-22(2,3)15-11-9-14(10-12-15)19(28)24-20-25-26-21(31-20)30-13-18(27)23-16-7-5-6-8-17(16)29-4/h5-12H,13H2,1-4H3,(H,23,27)(H,24,25,28). The number of amides is 2. The number of aromatic nitrogens is 2. The highest BCUT2D eigenvalue weighted by atomic mass is 32.2. The summed E-state index contributed by atoms with van der Waals surface area (Å²) in [5, 5.41) is 14.0. The molecule has 9 heteroatoms. The maximum atomic E-state index is 12.5. The molecule has 31 heavy (non-hydrogen) atoms. The Labute approximate surface area is 189 Å². The number of anilines is 2. The van der Waals surface area contributed by atoms with Gasteiger partial charge in [0.05, 0.1) is 18.6 Å². The van der Waals surface area contributed by atoms with Gasteiger partial charge >= 0.3 is 0 Å². The molecule has 2 amide bonds. The summed E-state index contributed by atoms with van der Waals surface area (Å²) in [6.45, 7) is 6.37. The van der Waals surface area contributed by atoms with Crippen LogP contribution in [0, 0.1) is 0 Å². The smallest absolute Gasteiger partial charge is 0.257 e. The molecule has 7 nitrogen and oxygen atoms in total. The van der Waals surface area contributed by atoms with Gasteiger partial charge in [-0.1, -0.05) is 68.1 Å². The van der Waals surface area contributed by atoms with Crippen molar-refractivity contribution in [2.24, 2.45) is 0 Å². The number of thioether (sulfide) groups is 1. The number of rotatable bonds is 7. The van der Waals surface area contributed by atoms with Crippen LogP contribution in [0.4, 0.5) is 10.8 Å². The Morgan fingerprint density at radius 3 is 2.42 bits per heavy atom. The number of nitrogens with one attached hydrogen (secondary N) is 2. The number of benzene rings is 2. The van der Waals surface area contributed by atoms with Crippen LogP contribution < -0.4 is 15.4 Å². The van der Waals surface area contributed by atoms with Gasteiger partial charge in [0.15, 0.2) is 4.34 Å². The fraction of sp³-hybridized carbons (Fsp3) is 0.273. The van der Waals surface area contributed by atoms with E-state index < -0.39 is 0 Å². The van der Waals surface area contributed by atoms with E-state index in [0.29, 0.717) is 26.5 Å². The lowest BCUT2D eigenvalue weighted by Gasteiger charge is -2.18. The summed E-state index contributed by atoms with van der Waals surface area (Å²) in [4.78, 5) is 24.7. The molecule has 0 unspecified atom stereocenters. The van der Waals surface area contributed by atoms with Crippen LogP contribution in [-0.2, 0) is 10.2 Å². The zero-order valence-electron chi connectivity index (χ0n) is 17.8. The lowest BCUT2D eigenvalue weighted by Crippen LogP contribution is -2.14. The number of para-hydroxylation sites is 2. The van der Waals surface area contributed by atoms with Gasteiger partial charge in [-0.2, -0.15) is 0 Å². The molecule has 0 saturated carbocycles. The van der Waals surface area contributed by atoms with Crippen molar-refractivity contribution < 1.29 is 14.3 Å². The molecule has 0 aliphatic heterocycles. The maximum absolute atomic E-state index is 12.5. The molecule has 1 aromatic heterocycles. The molecule has 0 spiro atoms. The van der Waals surface area contributed by atoms with Gasteiger partial charge in [-0.05, 0) is 35.2 Å². The third-order valence-corrected chi connectivity index (χ3v) is 6.32. The summed E-state index contributed by atoms with van der Waals surface area (Å²) < 4.78 is 5.82. The first-order valence-electron chi connectivity index (χ1n) is 9.57. The van der Waals surface area contributed by atoms with Crippen LogP contribution in [0.5, 0.6) is 5.75 Å². The SMILES string of the molecule is COc1ccccc1NC(=O)CSc1nnc(NC(=O)c2ccc(C(C)(C)C)cc2)s1. The molecule has 0 radical (unpaired) electrons. The molecule has 2 N–H and O–H groups in total. The summed E-state index contributed by atoms with van der Waals surface area (Å²) in [5.41, 5.74) is 2.34. The molecular formula is C22H24N4O3S2. The zero-order valence-corrected chi connectivity index (χ0v) is 19.4. The summed E-state index contributed by atoms with van der Waals surface area (Å²) in [5.74, 6) is 0.322. The Morgan fingerprint density at radius 1 is 1.03 bits per heavy atom. The highest BCUT2D eigenvalue weighted by molar-refractivity contribution is 8.01. The predicted molar refractivity (Wildman–Crippen MR) is 125 cm³/mol. The van der Waals surface area contributed by atoms with E-state index in [1.165, 1.54) is 23.1 Å². The number of carbonyl (C=O) groups is 2. The van der Waals surface area contributed by atoms with Crippen molar-refractivity contribution in [2.75, 3.05) is 23.5 Å². The minimum atomic E-state index is -0.248. The fourth-order valence-electron chi connectivity index (χ4n) is 2.67. The maximum Gasteiger partial charge on any atom is 0.257 e. The molecule has 3 aromatic rings. The van der Waals surface area contributed by atoms with E-state index in [0.717, 1.165) is 5.56 Å². The van der Waals surface area contributed by atoms with Crippen molar-refractivity contribution in [3.05, 3.63) is 59.7 Å². The second-order valence-electron chi connectivity index (χ2n) is 7.69. The normalized spacial score (nSPS) is 11.1. The van der Waals surface area contributed by atoms with Crippen molar-refractivity contribution in [1.29, 1.82) is 0 Å². The highest BCUT2D eigenvalue weighted by Crippen LogP contribution is 2.28. The van der Waals surface area contributed by atoms with Crippen LogP contribution in [0.2, 0.25) is 0 Å². The molecule has 0 fully saturated rings. The van der Waals surface area contributed by atoms with Crippen LogP contribution in [-0.4, -0.2) is 34.9 Å². The molecule has 1 heterocycles. The van der Waals surface area contributed by atoms with Gasteiger partial charge in [-0.25, -0.2) is 0 Å². The second-order valence-corrected chi connectivity index (χ2v) is 9.89. The lowest BCUT2D eigenvalue weighted by molar-refractivity contribution is -0.113. The predicted octanol–water partition coefficient (Wildman–Crippen LogP) is 4.83. The number of hydrogen-bond donors (Lipinski definition) is 2. The van der Waals surface area contributed by atoms with E-state index in [2.05, 4.69) is 41.6 Å². The lowest BCUT2D eigenvalue weighted by atomic mass is 9.87. The number of hydrogen-bond acceptors (Lipinski definition) is 7. The highest BCUT2D eigenvalue weighted by Gasteiger charge is 2.16. The Morgan fingerprint density at radius 2 is 1.74 bits per heavy atom. The molecule has 0 atom stereocenters. The van der Waals surface area contributed by atoms with Crippen molar-refractivity contribution in [1.82, 2.24) is 10.2 Å². The molecule has 3 rings (SSSR count). The quantitative estimate of drug-likeness (QED) is 0.391. The zero-order chi connectivity index (χ0) is 22.4. The largest absolute Gasteiger partial charge is 0.495 e. The van der Waals surface area contributed by atoms with Crippen molar-refractivity contribution >= 4 is 45.7 Å². The van der Waals surface area contributed by atoms with Crippen molar-refractivity contribution in [3.63, 3.8) is 0 Å². The second kappa shape index (κ2) is 9.93. The molecule has 0 aliphatic carbocycles. The topological polar surface area (TPSA) is 93.2 Å². The first kappa shape index (κ1) is 22.8. The number of carbonyl (C=O) groups excluding carboxylic acids is 2. The van der Waals surface area contributed by atoms with Crippen LogP contribution in [0.3, 0.4) is 0 Å². The fourth-order valence-corrected chi connectivity index (χ4v) is 4.22. The van der Waals surface area contributed by atoms with E-state index >= 15 is 0 Å². The average molecular weight is 457 g/mol. The van der Waals surface area contributed by atoms with Crippen LogP contribution >= 0.6 is 23.1 Å². The van der Waals surface area contributed by atoms with E-state index in [4.69, 9.17) is 4.74 Å². The minimum Gasteiger partial charge on any atom is -0.495 e. The molecule has 162 valence electrons. The van der Waals surface area contributed by atoms with Gasteiger partial charge in [0.1, 0.15) is 5.75 Å². The Bertz CT molecular complexity index is 1060. The first-order chi connectivity index (χ1) is 14.8. The van der Waals surface area contributed by atoms with Crippen LogP contribution in [0.1, 0.15) is 36.7 Å². The molecule has 2 aromatic carbocycles. The third-order valence-electron chi connectivity index (χ3n) is 4.35. The van der Waals surface area contributed by atoms with Gasteiger partial charge in [0.2, 0.25) is 11.0 Å². The Balaban J connectivity index is 1.53. The average Bonchev–Trinajstić information content (AvgIpc) is 3.19. The molecule has 0 aliphatic rings. The van der Waals surface area contributed by atoms with Crippen molar-refractivity contribution in [2.45, 2.75) is 30.5 Å². The van der Waals surface area contributed by atoms with Crippen LogP contribution in [0.25, 0.3) is 0 Å². The molecule has 0 bridgehead atoms. The number of nitrogens with zero attached hydrogens (tertiary/aromatic N) is 2. The number of ether oxygens (including phenoxy) is 1.